The predicted octanol–water partition coefficient (Wildman–Crippen LogP) is 3.86. The van der Waals surface area contributed by atoms with Crippen molar-refractivity contribution in [2.45, 2.75) is 20.3 Å². The van der Waals surface area contributed by atoms with Crippen LogP contribution in [0.2, 0.25) is 0 Å². The SMILES string of the molecule is Cc1cccc(C(=O)NCCc2ccc(-c3csc(C)n3)s2)n1. The zero-order valence-corrected chi connectivity index (χ0v) is 14.6. The molecule has 3 rings (SSSR count). The van der Waals surface area contributed by atoms with Crippen molar-refractivity contribution < 1.29 is 4.79 Å². The molecule has 0 radical (unpaired) electrons. The maximum atomic E-state index is 12.0. The summed E-state index contributed by atoms with van der Waals surface area (Å²) in [6, 6.07) is 9.66. The van der Waals surface area contributed by atoms with E-state index in [9.17, 15) is 4.79 Å². The molecule has 0 saturated heterocycles. The van der Waals surface area contributed by atoms with Gasteiger partial charge in [0, 0.05) is 22.5 Å². The van der Waals surface area contributed by atoms with Crippen LogP contribution in [0.1, 0.15) is 26.1 Å². The first-order chi connectivity index (χ1) is 11.1. The third-order valence-electron chi connectivity index (χ3n) is 3.31. The standard InChI is InChI=1S/C17H17N3OS2/c1-11-4-3-5-14(19-11)17(21)18-9-8-13-6-7-16(23-13)15-10-22-12(2)20-15/h3-7,10H,8-9H2,1-2H3,(H,18,21). The van der Waals surface area contributed by atoms with E-state index in [0.29, 0.717) is 12.2 Å². The predicted molar refractivity (Wildman–Crippen MR) is 95.2 cm³/mol. The minimum atomic E-state index is -0.124. The first-order valence-electron chi connectivity index (χ1n) is 7.35. The van der Waals surface area contributed by atoms with Crippen LogP contribution in [0.5, 0.6) is 0 Å². The molecule has 0 saturated carbocycles. The molecule has 118 valence electrons. The third-order valence-corrected chi connectivity index (χ3v) is 5.25. The number of hydrogen-bond acceptors (Lipinski definition) is 5. The van der Waals surface area contributed by atoms with Gasteiger partial charge in [0.1, 0.15) is 5.69 Å². The Morgan fingerprint density at radius 1 is 1.17 bits per heavy atom. The van der Waals surface area contributed by atoms with Gasteiger partial charge < -0.3 is 5.32 Å². The van der Waals surface area contributed by atoms with Gasteiger partial charge in [-0.1, -0.05) is 6.07 Å². The molecule has 3 heterocycles. The molecule has 0 bridgehead atoms. The fraction of sp³-hybridized carbons (Fsp3) is 0.235. The summed E-state index contributed by atoms with van der Waals surface area (Å²) < 4.78 is 0. The molecule has 0 spiro atoms. The van der Waals surface area contributed by atoms with Gasteiger partial charge in [0.2, 0.25) is 0 Å². The van der Waals surface area contributed by atoms with Crippen molar-refractivity contribution in [3.63, 3.8) is 0 Å². The molecule has 4 nitrogen and oxygen atoms in total. The fourth-order valence-corrected chi connectivity index (χ4v) is 3.84. The minimum absolute atomic E-state index is 0.124. The number of hydrogen-bond donors (Lipinski definition) is 1. The molecule has 3 aromatic heterocycles. The monoisotopic (exact) mass is 343 g/mol. The third kappa shape index (κ3) is 4.03. The van der Waals surface area contributed by atoms with E-state index in [-0.39, 0.29) is 5.91 Å². The Hall–Kier alpha value is -2.05. The maximum Gasteiger partial charge on any atom is 0.269 e. The number of aromatic nitrogens is 2. The molecular weight excluding hydrogens is 326 g/mol. The van der Waals surface area contributed by atoms with Crippen LogP contribution in [0.3, 0.4) is 0 Å². The van der Waals surface area contributed by atoms with Gasteiger partial charge in [0.25, 0.3) is 5.91 Å². The number of rotatable bonds is 5. The van der Waals surface area contributed by atoms with Crippen molar-refractivity contribution in [1.82, 2.24) is 15.3 Å². The van der Waals surface area contributed by atoms with Crippen molar-refractivity contribution in [3.05, 3.63) is 57.0 Å². The minimum Gasteiger partial charge on any atom is -0.350 e. The van der Waals surface area contributed by atoms with Crippen LogP contribution in [-0.2, 0) is 6.42 Å². The Labute approximate surface area is 143 Å². The number of pyridine rings is 1. The summed E-state index contributed by atoms with van der Waals surface area (Å²) in [5.74, 6) is -0.124. The van der Waals surface area contributed by atoms with Crippen molar-refractivity contribution in [2.75, 3.05) is 6.54 Å². The molecule has 0 fully saturated rings. The summed E-state index contributed by atoms with van der Waals surface area (Å²) in [4.78, 5) is 23.2. The van der Waals surface area contributed by atoms with Crippen molar-refractivity contribution in [1.29, 1.82) is 0 Å². The van der Waals surface area contributed by atoms with Gasteiger partial charge >= 0.3 is 0 Å². The van der Waals surface area contributed by atoms with E-state index in [1.54, 1.807) is 28.7 Å². The molecule has 0 aromatic carbocycles. The number of carbonyl (C=O) groups excluding carboxylic acids is 1. The molecule has 0 atom stereocenters. The number of thiazole rings is 1. The van der Waals surface area contributed by atoms with Gasteiger partial charge in [-0.05, 0) is 44.5 Å². The second-order valence-electron chi connectivity index (χ2n) is 5.19. The van der Waals surface area contributed by atoms with E-state index >= 15 is 0 Å². The number of amides is 1. The van der Waals surface area contributed by atoms with Crippen molar-refractivity contribution in [3.8, 4) is 10.6 Å². The van der Waals surface area contributed by atoms with Gasteiger partial charge in [-0.15, -0.1) is 22.7 Å². The first-order valence-corrected chi connectivity index (χ1v) is 9.04. The summed E-state index contributed by atoms with van der Waals surface area (Å²) in [6.45, 7) is 4.49. The smallest absolute Gasteiger partial charge is 0.269 e. The van der Waals surface area contributed by atoms with Gasteiger partial charge in [-0.25, -0.2) is 9.97 Å². The highest BCUT2D eigenvalue weighted by Gasteiger charge is 2.08. The average Bonchev–Trinajstić information content (AvgIpc) is 3.16. The Morgan fingerprint density at radius 3 is 2.78 bits per heavy atom. The van der Waals surface area contributed by atoms with E-state index in [4.69, 9.17) is 0 Å². The van der Waals surface area contributed by atoms with Crippen LogP contribution in [0.15, 0.2) is 35.7 Å². The van der Waals surface area contributed by atoms with Gasteiger partial charge in [-0.2, -0.15) is 0 Å². The summed E-state index contributed by atoms with van der Waals surface area (Å²) in [6.07, 6.45) is 0.811. The lowest BCUT2D eigenvalue weighted by molar-refractivity contribution is 0.0949. The van der Waals surface area contributed by atoms with Crippen LogP contribution in [-0.4, -0.2) is 22.4 Å². The number of nitrogens with one attached hydrogen (secondary N) is 1. The lowest BCUT2D eigenvalue weighted by atomic mass is 10.3. The zero-order chi connectivity index (χ0) is 16.2. The number of aryl methyl sites for hydroxylation is 2. The number of thiophene rings is 1. The second-order valence-corrected chi connectivity index (χ2v) is 7.42. The molecule has 6 heteroatoms. The summed E-state index contributed by atoms with van der Waals surface area (Å²) in [7, 11) is 0. The van der Waals surface area contributed by atoms with Crippen molar-refractivity contribution in [2.24, 2.45) is 0 Å². The highest BCUT2D eigenvalue weighted by Crippen LogP contribution is 2.29. The fourth-order valence-electron chi connectivity index (χ4n) is 2.19. The molecule has 1 N–H and O–H groups in total. The zero-order valence-electron chi connectivity index (χ0n) is 13.0. The van der Waals surface area contributed by atoms with Crippen LogP contribution in [0.4, 0.5) is 0 Å². The molecule has 0 aliphatic carbocycles. The molecule has 3 aromatic rings. The van der Waals surface area contributed by atoms with E-state index in [0.717, 1.165) is 22.8 Å². The second kappa shape index (κ2) is 7.02. The number of carbonyl (C=O) groups is 1. The normalized spacial score (nSPS) is 10.7. The van der Waals surface area contributed by atoms with Gasteiger partial charge in [0.15, 0.2) is 0 Å². The Balaban J connectivity index is 1.55. The van der Waals surface area contributed by atoms with Crippen LogP contribution < -0.4 is 5.32 Å². The van der Waals surface area contributed by atoms with Gasteiger partial charge in [0.05, 0.1) is 15.6 Å². The topological polar surface area (TPSA) is 54.9 Å². The Kier molecular flexibility index (Phi) is 4.83. The van der Waals surface area contributed by atoms with E-state index in [2.05, 4.69) is 32.8 Å². The van der Waals surface area contributed by atoms with Gasteiger partial charge in [-0.3, -0.25) is 4.79 Å². The largest absolute Gasteiger partial charge is 0.350 e. The van der Waals surface area contributed by atoms with Crippen LogP contribution in [0.25, 0.3) is 10.6 Å². The summed E-state index contributed by atoms with van der Waals surface area (Å²) >= 11 is 3.39. The Bertz CT molecular complexity index is 823. The first kappa shape index (κ1) is 15.8. The highest BCUT2D eigenvalue weighted by molar-refractivity contribution is 7.16. The summed E-state index contributed by atoms with van der Waals surface area (Å²) in [5.41, 5.74) is 2.35. The number of nitrogens with zero attached hydrogens (tertiary/aromatic N) is 2. The van der Waals surface area contributed by atoms with E-state index in [1.165, 1.54) is 9.75 Å². The molecule has 0 aliphatic heterocycles. The van der Waals surface area contributed by atoms with E-state index in [1.807, 2.05) is 26.0 Å². The lowest BCUT2D eigenvalue weighted by Gasteiger charge is -2.04. The molecule has 23 heavy (non-hydrogen) atoms. The quantitative estimate of drug-likeness (QED) is 0.765. The van der Waals surface area contributed by atoms with Crippen molar-refractivity contribution >= 4 is 28.6 Å². The average molecular weight is 343 g/mol. The maximum absolute atomic E-state index is 12.0. The molecular formula is C17H17N3OS2. The van der Waals surface area contributed by atoms with E-state index < -0.39 is 0 Å². The van der Waals surface area contributed by atoms with Crippen LogP contribution in [0, 0.1) is 13.8 Å². The summed E-state index contributed by atoms with van der Waals surface area (Å²) in [5, 5.41) is 6.08. The lowest BCUT2D eigenvalue weighted by Crippen LogP contribution is -2.26. The molecule has 1 amide bonds. The molecule has 0 aliphatic rings. The van der Waals surface area contributed by atoms with Crippen LogP contribution >= 0.6 is 22.7 Å². The highest BCUT2D eigenvalue weighted by atomic mass is 32.1. The molecule has 0 unspecified atom stereocenters. The Morgan fingerprint density at radius 2 is 2.04 bits per heavy atom.